The van der Waals surface area contributed by atoms with E-state index in [4.69, 9.17) is 0 Å². The Labute approximate surface area is 135 Å². The van der Waals surface area contributed by atoms with Gasteiger partial charge in [0.05, 0.1) is 7.11 Å². The molecule has 0 aromatic heterocycles. The van der Waals surface area contributed by atoms with Crippen molar-refractivity contribution in [1.29, 1.82) is 0 Å². The lowest BCUT2D eigenvalue weighted by Crippen LogP contribution is -2.41. The van der Waals surface area contributed by atoms with E-state index in [1.807, 2.05) is 0 Å². The van der Waals surface area contributed by atoms with E-state index in [-0.39, 0.29) is 23.9 Å². The highest BCUT2D eigenvalue weighted by atomic mass is 19.1. The number of carbonyl (C=O) groups is 2. The fourth-order valence-electron chi connectivity index (χ4n) is 2.33. The smallest absolute Gasteiger partial charge is 0.317 e. The summed E-state index contributed by atoms with van der Waals surface area (Å²) in [7, 11) is 1.37. The molecule has 1 aromatic carbocycles. The molecule has 1 N–H and O–H groups in total. The number of amides is 2. The highest BCUT2D eigenvalue weighted by molar-refractivity contribution is 5.75. The minimum Gasteiger partial charge on any atom is -0.469 e. The van der Waals surface area contributed by atoms with E-state index in [0.29, 0.717) is 25.9 Å². The largest absolute Gasteiger partial charge is 0.469 e. The van der Waals surface area contributed by atoms with E-state index in [2.05, 4.69) is 10.1 Å². The highest BCUT2D eigenvalue weighted by Gasteiger charge is 2.32. The maximum absolute atomic E-state index is 12.9. The Balaban J connectivity index is 1.75. The Hall–Kier alpha value is -2.11. The summed E-state index contributed by atoms with van der Waals surface area (Å²) in [6.07, 6.45) is 3.81. The Kier molecular flexibility index (Phi) is 6.38. The Morgan fingerprint density at radius 3 is 2.57 bits per heavy atom. The van der Waals surface area contributed by atoms with Crippen LogP contribution in [0.15, 0.2) is 24.3 Å². The van der Waals surface area contributed by atoms with Crippen LogP contribution < -0.4 is 5.32 Å². The van der Waals surface area contributed by atoms with Crippen LogP contribution in [-0.4, -0.2) is 36.6 Å². The Morgan fingerprint density at radius 2 is 1.96 bits per heavy atom. The molecule has 0 heterocycles. The molecular weight excluding hydrogens is 299 g/mol. The zero-order valence-electron chi connectivity index (χ0n) is 13.4. The Bertz CT molecular complexity index is 529. The quantitative estimate of drug-likeness (QED) is 0.591. The van der Waals surface area contributed by atoms with Crippen molar-refractivity contribution in [2.75, 3.05) is 13.7 Å². The molecule has 0 radical (unpaired) electrons. The van der Waals surface area contributed by atoms with Crippen LogP contribution in [0.4, 0.5) is 9.18 Å². The van der Waals surface area contributed by atoms with Crippen LogP contribution in [-0.2, 0) is 16.1 Å². The molecule has 1 aliphatic rings. The molecule has 1 saturated carbocycles. The number of benzene rings is 1. The van der Waals surface area contributed by atoms with Crippen LogP contribution in [0.5, 0.6) is 0 Å². The predicted octanol–water partition coefficient (Wildman–Crippen LogP) is 2.84. The van der Waals surface area contributed by atoms with Crippen molar-refractivity contribution >= 4 is 12.0 Å². The number of nitrogens with zero attached hydrogens (tertiary/aromatic N) is 1. The van der Waals surface area contributed by atoms with Crippen LogP contribution in [0.2, 0.25) is 0 Å². The third kappa shape index (κ3) is 5.88. The first-order chi connectivity index (χ1) is 11.1. The molecule has 1 aromatic rings. The van der Waals surface area contributed by atoms with Gasteiger partial charge in [-0.1, -0.05) is 12.1 Å². The number of methoxy groups -OCH3 is 1. The second-order valence-electron chi connectivity index (χ2n) is 5.75. The van der Waals surface area contributed by atoms with E-state index >= 15 is 0 Å². The third-order valence-electron chi connectivity index (χ3n) is 3.83. The lowest BCUT2D eigenvalue weighted by Gasteiger charge is -2.23. The number of nitrogens with one attached hydrogen (secondary N) is 1. The first-order valence-electron chi connectivity index (χ1n) is 7.96. The number of carbonyl (C=O) groups excluding carboxylic acids is 2. The highest BCUT2D eigenvalue weighted by Crippen LogP contribution is 2.28. The van der Waals surface area contributed by atoms with Gasteiger partial charge in [0.15, 0.2) is 0 Å². The van der Waals surface area contributed by atoms with E-state index in [9.17, 15) is 14.0 Å². The summed E-state index contributed by atoms with van der Waals surface area (Å²) in [6.45, 7) is 1.02. The predicted molar refractivity (Wildman–Crippen MR) is 84.2 cm³/mol. The topological polar surface area (TPSA) is 58.6 Å². The first kappa shape index (κ1) is 17.2. The Morgan fingerprint density at radius 1 is 1.26 bits per heavy atom. The van der Waals surface area contributed by atoms with Gasteiger partial charge in [-0.2, -0.15) is 0 Å². The van der Waals surface area contributed by atoms with Gasteiger partial charge in [-0.25, -0.2) is 9.18 Å². The molecule has 1 fully saturated rings. The summed E-state index contributed by atoms with van der Waals surface area (Å²) in [6, 6.07) is 6.39. The van der Waals surface area contributed by atoms with Gasteiger partial charge in [0, 0.05) is 25.6 Å². The zero-order valence-corrected chi connectivity index (χ0v) is 13.4. The molecule has 0 unspecified atom stereocenters. The fraction of sp³-hybridized carbons (Fsp3) is 0.529. The SMILES string of the molecule is COC(=O)CCCCNC(=O)N(Cc1ccc(F)cc1)C1CC1. The average Bonchev–Trinajstić information content (AvgIpc) is 3.38. The van der Waals surface area contributed by atoms with Gasteiger partial charge in [-0.05, 0) is 43.4 Å². The summed E-state index contributed by atoms with van der Waals surface area (Å²) < 4.78 is 17.5. The maximum Gasteiger partial charge on any atom is 0.317 e. The summed E-state index contributed by atoms with van der Waals surface area (Å²) in [4.78, 5) is 25.1. The monoisotopic (exact) mass is 322 g/mol. The van der Waals surface area contributed by atoms with Gasteiger partial charge >= 0.3 is 12.0 Å². The molecule has 0 bridgehead atoms. The van der Waals surface area contributed by atoms with Crippen molar-refractivity contribution in [2.24, 2.45) is 0 Å². The lowest BCUT2D eigenvalue weighted by atomic mass is 10.2. The van der Waals surface area contributed by atoms with E-state index < -0.39 is 0 Å². The second kappa shape index (κ2) is 8.50. The van der Waals surface area contributed by atoms with Gasteiger partial charge in [-0.3, -0.25) is 4.79 Å². The van der Waals surface area contributed by atoms with Crippen LogP contribution >= 0.6 is 0 Å². The molecular formula is C17H23FN2O3. The van der Waals surface area contributed by atoms with Crippen LogP contribution in [0.3, 0.4) is 0 Å². The second-order valence-corrected chi connectivity index (χ2v) is 5.75. The molecule has 23 heavy (non-hydrogen) atoms. The van der Waals surface area contributed by atoms with Crippen molar-refractivity contribution in [3.8, 4) is 0 Å². The first-order valence-corrected chi connectivity index (χ1v) is 7.96. The molecule has 1 aliphatic carbocycles. The summed E-state index contributed by atoms with van der Waals surface area (Å²) in [5.74, 6) is -0.506. The molecule has 2 amide bonds. The lowest BCUT2D eigenvalue weighted by molar-refractivity contribution is -0.140. The fourth-order valence-corrected chi connectivity index (χ4v) is 2.33. The number of rotatable bonds is 8. The molecule has 0 aliphatic heterocycles. The van der Waals surface area contributed by atoms with E-state index in [1.54, 1.807) is 17.0 Å². The standard InChI is InChI=1S/C17H23FN2O3/c1-23-16(21)4-2-3-11-19-17(22)20(15-9-10-15)12-13-5-7-14(18)8-6-13/h5-8,15H,2-4,9-12H2,1H3,(H,19,22). The van der Waals surface area contributed by atoms with Crippen LogP contribution in [0.1, 0.15) is 37.7 Å². The molecule has 6 heteroatoms. The molecule has 126 valence electrons. The average molecular weight is 322 g/mol. The number of hydrogen-bond donors (Lipinski definition) is 1. The minimum atomic E-state index is -0.276. The van der Waals surface area contributed by atoms with Crippen molar-refractivity contribution in [1.82, 2.24) is 10.2 Å². The molecule has 0 spiro atoms. The summed E-state index contributed by atoms with van der Waals surface area (Å²) >= 11 is 0. The maximum atomic E-state index is 12.9. The summed E-state index contributed by atoms with van der Waals surface area (Å²) in [5.41, 5.74) is 0.916. The van der Waals surface area contributed by atoms with E-state index in [1.165, 1.54) is 19.2 Å². The van der Waals surface area contributed by atoms with Crippen molar-refractivity contribution in [2.45, 2.75) is 44.7 Å². The van der Waals surface area contributed by atoms with E-state index in [0.717, 1.165) is 24.8 Å². The number of unbranched alkanes of at least 4 members (excludes halogenated alkanes) is 1. The van der Waals surface area contributed by atoms with Crippen LogP contribution in [0.25, 0.3) is 0 Å². The number of ether oxygens (including phenoxy) is 1. The zero-order chi connectivity index (χ0) is 16.7. The number of hydrogen-bond acceptors (Lipinski definition) is 3. The van der Waals surface area contributed by atoms with Crippen molar-refractivity contribution < 1.29 is 18.7 Å². The molecule has 5 nitrogen and oxygen atoms in total. The van der Waals surface area contributed by atoms with Gasteiger partial charge in [0.1, 0.15) is 5.82 Å². The number of halogens is 1. The van der Waals surface area contributed by atoms with Crippen LogP contribution in [0, 0.1) is 5.82 Å². The van der Waals surface area contributed by atoms with Gasteiger partial charge in [-0.15, -0.1) is 0 Å². The van der Waals surface area contributed by atoms with Gasteiger partial charge < -0.3 is 15.0 Å². The minimum absolute atomic E-state index is 0.102. The number of urea groups is 1. The molecule has 0 saturated heterocycles. The van der Waals surface area contributed by atoms with Gasteiger partial charge in [0.2, 0.25) is 0 Å². The van der Waals surface area contributed by atoms with Crippen molar-refractivity contribution in [3.05, 3.63) is 35.6 Å². The third-order valence-corrected chi connectivity index (χ3v) is 3.83. The number of esters is 1. The summed E-state index contributed by atoms with van der Waals surface area (Å²) in [5, 5.41) is 2.89. The molecule has 0 atom stereocenters. The van der Waals surface area contributed by atoms with Crippen molar-refractivity contribution in [3.63, 3.8) is 0 Å². The molecule has 2 rings (SSSR count). The normalized spacial score (nSPS) is 13.5. The van der Waals surface area contributed by atoms with Gasteiger partial charge in [0.25, 0.3) is 0 Å².